The third-order valence-corrected chi connectivity index (χ3v) is 7.23. The van der Waals surface area contributed by atoms with Crippen molar-refractivity contribution >= 4 is 29.3 Å². The number of benzene rings is 2. The number of carbonyl (C=O) groups is 2. The molecule has 14 heteroatoms. The molecule has 2 aliphatic rings. The summed E-state index contributed by atoms with van der Waals surface area (Å²) in [5.74, 6) is 0.268. The third kappa shape index (κ3) is 7.75. The van der Waals surface area contributed by atoms with Crippen LogP contribution in [0.1, 0.15) is 31.1 Å². The number of rotatable bonds is 9. The molecule has 3 amide bonds. The van der Waals surface area contributed by atoms with Gasteiger partial charge in [0, 0.05) is 43.2 Å². The van der Waals surface area contributed by atoms with Gasteiger partial charge in [-0.25, -0.2) is 9.78 Å². The van der Waals surface area contributed by atoms with E-state index in [0.717, 1.165) is 0 Å². The molecule has 0 spiro atoms. The second-order valence-corrected chi connectivity index (χ2v) is 11.3. The summed E-state index contributed by atoms with van der Waals surface area (Å²) in [4.78, 5) is 40.0. The minimum absolute atomic E-state index is 0.00468. The van der Waals surface area contributed by atoms with E-state index < -0.39 is 18.2 Å². The number of aromatic nitrogens is 2. The topological polar surface area (TPSA) is 127 Å². The first kappa shape index (κ1) is 31.9. The van der Waals surface area contributed by atoms with Crippen molar-refractivity contribution < 1.29 is 37.3 Å². The molecule has 1 fully saturated rings. The highest BCUT2D eigenvalue weighted by Crippen LogP contribution is 2.37. The molecule has 240 valence electrons. The quantitative estimate of drug-likeness (QED) is 0.342. The maximum atomic E-state index is 14.0. The monoisotopic (exact) mass is 626 g/mol. The van der Waals surface area contributed by atoms with E-state index in [1.165, 1.54) is 18.2 Å². The minimum atomic E-state index is -2.98. The molecule has 2 N–H and O–H groups in total. The molecule has 3 aromatic rings. The van der Waals surface area contributed by atoms with Gasteiger partial charge in [0.05, 0.1) is 38.1 Å². The Morgan fingerprint density at radius 1 is 1.13 bits per heavy atom. The number of nitrogens with one attached hydrogen (secondary N) is 2. The molecule has 0 bridgehead atoms. The number of hydrogen-bond acceptors (Lipinski definition) is 9. The summed E-state index contributed by atoms with van der Waals surface area (Å²) in [6, 6.07) is 11.9. The second-order valence-electron chi connectivity index (χ2n) is 11.3. The summed E-state index contributed by atoms with van der Waals surface area (Å²) in [6.07, 6.45) is 0. The van der Waals surface area contributed by atoms with Crippen molar-refractivity contribution in [3.63, 3.8) is 0 Å². The standard InChI is InChI=1S/C31H36F2N6O6/c1-19-17-43-15-13-39(19)29-36-25(24-26(37-29)45-31(2,3)18-38(27(24)40)12-14-42-4)20-8-10-21(11-9-20)34-30(41)35-22-6-5-7-23(16-22)44-28(32)33/h5-11,16,19,28H,12-15,17-18H2,1-4H3,(H2,34,35,41). The van der Waals surface area contributed by atoms with Crippen molar-refractivity contribution in [2.75, 3.05) is 62.1 Å². The summed E-state index contributed by atoms with van der Waals surface area (Å²) in [6.45, 7) is 5.48. The largest absolute Gasteiger partial charge is 0.469 e. The van der Waals surface area contributed by atoms with E-state index >= 15 is 0 Å². The predicted molar refractivity (Wildman–Crippen MR) is 163 cm³/mol. The van der Waals surface area contributed by atoms with Crippen LogP contribution in [0.15, 0.2) is 48.5 Å². The third-order valence-electron chi connectivity index (χ3n) is 7.23. The zero-order valence-electron chi connectivity index (χ0n) is 25.5. The van der Waals surface area contributed by atoms with Crippen LogP contribution in [0, 0.1) is 0 Å². The Labute approximate surface area is 259 Å². The summed E-state index contributed by atoms with van der Waals surface area (Å²) in [5, 5.41) is 5.31. The van der Waals surface area contributed by atoms with Crippen molar-refractivity contribution in [1.82, 2.24) is 14.9 Å². The molecule has 5 rings (SSSR count). The first-order valence-electron chi connectivity index (χ1n) is 14.5. The molecule has 1 saturated heterocycles. The lowest BCUT2D eigenvalue weighted by molar-refractivity contribution is -0.0498. The molecule has 0 saturated carbocycles. The van der Waals surface area contributed by atoms with Crippen LogP contribution in [0.5, 0.6) is 11.6 Å². The fourth-order valence-electron chi connectivity index (χ4n) is 5.18. The van der Waals surface area contributed by atoms with Crippen molar-refractivity contribution in [3.8, 4) is 22.9 Å². The average Bonchev–Trinajstić information content (AvgIpc) is 3.08. The minimum Gasteiger partial charge on any atom is -0.469 e. The Morgan fingerprint density at radius 2 is 1.89 bits per heavy atom. The SMILES string of the molecule is COCCN1CC(C)(C)Oc2nc(N3CCOCC3C)nc(-c3ccc(NC(=O)Nc4cccc(OC(F)F)c4)cc3)c2C1=O. The number of halogens is 2. The van der Waals surface area contributed by atoms with Gasteiger partial charge in [-0.1, -0.05) is 18.2 Å². The van der Waals surface area contributed by atoms with Gasteiger partial charge < -0.3 is 39.4 Å². The highest BCUT2D eigenvalue weighted by Gasteiger charge is 2.38. The number of alkyl halides is 2. The van der Waals surface area contributed by atoms with Crippen LogP contribution in [0.25, 0.3) is 11.3 Å². The molecule has 1 atom stereocenters. The number of morpholine rings is 1. The highest BCUT2D eigenvalue weighted by molar-refractivity contribution is 6.03. The van der Waals surface area contributed by atoms with Gasteiger partial charge in [0.25, 0.3) is 5.91 Å². The van der Waals surface area contributed by atoms with E-state index in [1.54, 1.807) is 42.3 Å². The molecule has 2 aromatic carbocycles. The number of hydrogen-bond donors (Lipinski definition) is 2. The number of ether oxygens (including phenoxy) is 4. The van der Waals surface area contributed by atoms with Crippen LogP contribution in [0.4, 0.5) is 30.9 Å². The molecule has 3 heterocycles. The van der Waals surface area contributed by atoms with Gasteiger partial charge in [0.1, 0.15) is 16.9 Å². The zero-order valence-corrected chi connectivity index (χ0v) is 25.5. The Bertz CT molecular complexity index is 1520. The van der Waals surface area contributed by atoms with Crippen molar-refractivity contribution in [1.29, 1.82) is 0 Å². The lowest BCUT2D eigenvalue weighted by Crippen LogP contribution is -2.44. The van der Waals surface area contributed by atoms with Crippen molar-refractivity contribution in [2.24, 2.45) is 0 Å². The lowest BCUT2D eigenvalue weighted by Gasteiger charge is -2.34. The van der Waals surface area contributed by atoms with E-state index in [2.05, 4.69) is 15.4 Å². The van der Waals surface area contributed by atoms with Crippen LogP contribution in [0.2, 0.25) is 0 Å². The Hall–Kier alpha value is -4.56. The Kier molecular flexibility index (Phi) is 9.63. The number of anilines is 3. The lowest BCUT2D eigenvalue weighted by atomic mass is 10.0. The van der Waals surface area contributed by atoms with Gasteiger partial charge in [0.2, 0.25) is 11.8 Å². The molecular weight excluding hydrogens is 590 g/mol. The summed E-state index contributed by atoms with van der Waals surface area (Å²) >= 11 is 0. The van der Waals surface area contributed by atoms with E-state index in [1.807, 2.05) is 25.7 Å². The van der Waals surface area contributed by atoms with Crippen LogP contribution < -0.4 is 25.0 Å². The number of methoxy groups -OCH3 is 1. The van der Waals surface area contributed by atoms with Gasteiger partial charge >= 0.3 is 12.6 Å². The smallest absolute Gasteiger partial charge is 0.387 e. The van der Waals surface area contributed by atoms with Crippen LogP contribution in [0.3, 0.4) is 0 Å². The van der Waals surface area contributed by atoms with Gasteiger partial charge in [0.15, 0.2) is 0 Å². The fourth-order valence-corrected chi connectivity index (χ4v) is 5.18. The van der Waals surface area contributed by atoms with Gasteiger partial charge in [-0.3, -0.25) is 4.79 Å². The number of nitrogens with zero attached hydrogens (tertiary/aromatic N) is 4. The number of carbonyl (C=O) groups excluding carboxylic acids is 2. The normalized spacial score (nSPS) is 17.8. The maximum absolute atomic E-state index is 14.0. The molecule has 12 nitrogen and oxygen atoms in total. The first-order valence-corrected chi connectivity index (χ1v) is 14.5. The molecule has 45 heavy (non-hydrogen) atoms. The Morgan fingerprint density at radius 3 is 2.60 bits per heavy atom. The number of fused-ring (bicyclic) bond motifs is 1. The first-order chi connectivity index (χ1) is 21.5. The van der Waals surface area contributed by atoms with E-state index in [4.69, 9.17) is 24.2 Å². The van der Waals surface area contributed by atoms with Crippen LogP contribution in [-0.2, 0) is 9.47 Å². The summed E-state index contributed by atoms with van der Waals surface area (Å²) < 4.78 is 46.8. The molecule has 0 aliphatic carbocycles. The number of amides is 3. The molecule has 1 aromatic heterocycles. The van der Waals surface area contributed by atoms with Gasteiger partial charge in [-0.2, -0.15) is 13.8 Å². The zero-order chi connectivity index (χ0) is 32.1. The maximum Gasteiger partial charge on any atom is 0.387 e. The van der Waals surface area contributed by atoms with E-state index in [-0.39, 0.29) is 34.8 Å². The number of urea groups is 1. The van der Waals surface area contributed by atoms with Gasteiger partial charge in [-0.05, 0) is 45.0 Å². The highest BCUT2D eigenvalue weighted by atomic mass is 19.3. The fraction of sp³-hybridized carbons (Fsp3) is 0.419. The summed E-state index contributed by atoms with van der Waals surface area (Å²) in [7, 11) is 1.58. The Balaban J connectivity index is 1.45. The molecule has 1 unspecified atom stereocenters. The van der Waals surface area contributed by atoms with Gasteiger partial charge in [-0.15, -0.1) is 0 Å². The molecule has 0 radical (unpaired) electrons. The van der Waals surface area contributed by atoms with Crippen molar-refractivity contribution in [3.05, 3.63) is 54.1 Å². The predicted octanol–water partition coefficient (Wildman–Crippen LogP) is 4.87. The molecule has 2 aliphatic heterocycles. The average molecular weight is 627 g/mol. The molecular formula is C31H36F2N6O6. The van der Waals surface area contributed by atoms with Crippen molar-refractivity contribution in [2.45, 2.75) is 39.0 Å². The second kappa shape index (κ2) is 13.6. The summed E-state index contributed by atoms with van der Waals surface area (Å²) in [5.41, 5.74) is 1.23. The van der Waals surface area contributed by atoms with Crippen LogP contribution >= 0.6 is 0 Å². The van der Waals surface area contributed by atoms with Crippen LogP contribution in [-0.4, -0.2) is 91.6 Å². The van der Waals surface area contributed by atoms with E-state index in [0.29, 0.717) is 62.3 Å². The van der Waals surface area contributed by atoms with E-state index in [9.17, 15) is 18.4 Å².